The van der Waals surface area contributed by atoms with Gasteiger partial charge in [0.25, 0.3) is 0 Å². The van der Waals surface area contributed by atoms with Crippen molar-refractivity contribution in [1.29, 1.82) is 0 Å². The molecule has 5 heteroatoms. The number of nitrogens with one attached hydrogen (secondary N) is 1. The molecule has 0 radical (unpaired) electrons. The summed E-state index contributed by atoms with van der Waals surface area (Å²) in [6, 6.07) is 6.99. The summed E-state index contributed by atoms with van der Waals surface area (Å²) >= 11 is 0. The lowest BCUT2D eigenvalue weighted by Gasteiger charge is -2.04. The molecule has 0 saturated carbocycles. The molecule has 0 aliphatic rings. The van der Waals surface area contributed by atoms with Gasteiger partial charge in [0, 0.05) is 6.04 Å². The number of amides is 2. The monoisotopic (exact) mass is 261 g/mol. The number of benzene rings is 1. The minimum absolute atomic E-state index is 0.0716. The van der Waals surface area contributed by atoms with Crippen molar-refractivity contribution in [3.8, 4) is 5.75 Å². The predicted molar refractivity (Wildman–Crippen MR) is 77.3 cm³/mol. The van der Waals surface area contributed by atoms with E-state index in [-0.39, 0.29) is 6.04 Å². The number of amidine groups is 1. The van der Waals surface area contributed by atoms with Crippen LogP contribution in [0.4, 0.5) is 4.79 Å². The van der Waals surface area contributed by atoms with Crippen molar-refractivity contribution in [2.24, 2.45) is 10.7 Å². The second kappa shape index (κ2) is 7.20. The van der Waals surface area contributed by atoms with E-state index in [4.69, 9.17) is 10.5 Å². The van der Waals surface area contributed by atoms with Crippen LogP contribution in [-0.4, -0.2) is 25.0 Å². The van der Waals surface area contributed by atoms with Gasteiger partial charge in [-0.15, -0.1) is 0 Å². The van der Waals surface area contributed by atoms with Gasteiger partial charge in [0.05, 0.1) is 7.11 Å². The van der Waals surface area contributed by atoms with Gasteiger partial charge in [0.2, 0.25) is 0 Å². The first-order chi connectivity index (χ1) is 9.01. The molecule has 19 heavy (non-hydrogen) atoms. The molecule has 1 aromatic rings. The zero-order valence-corrected chi connectivity index (χ0v) is 11.4. The van der Waals surface area contributed by atoms with Crippen LogP contribution in [0.1, 0.15) is 19.4 Å². The third-order valence-electron chi connectivity index (χ3n) is 2.20. The number of ether oxygens (including phenoxy) is 1. The van der Waals surface area contributed by atoms with Gasteiger partial charge < -0.3 is 10.5 Å². The molecule has 0 heterocycles. The summed E-state index contributed by atoms with van der Waals surface area (Å²) in [6.45, 7) is 3.84. The quantitative estimate of drug-likeness (QED) is 0.643. The molecule has 102 valence electrons. The van der Waals surface area contributed by atoms with E-state index in [1.807, 2.05) is 44.2 Å². The SMILES string of the molecule is COc1ccc(C=CC(=NC(C)C)NC(N)=O)cc1. The fourth-order valence-corrected chi connectivity index (χ4v) is 1.41. The molecule has 3 N–H and O–H groups in total. The molecule has 0 aliphatic carbocycles. The van der Waals surface area contributed by atoms with E-state index in [0.29, 0.717) is 5.84 Å². The highest BCUT2D eigenvalue weighted by Crippen LogP contribution is 2.12. The Hall–Kier alpha value is -2.30. The summed E-state index contributed by atoms with van der Waals surface area (Å²) in [4.78, 5) is 15.1. The summed E-state index contributed by atoms with van der Waals surface area (Å²) in [5.74, 6) is 1.24. The van der Waals surface area contributed by atoms with Gasteiger partial charge in [0.15, 0.2) is 0 Å². The number of methoxy groups -OCH3 is 1. The third-order valence-corrected chi connectivity index (χ3v) is 2.20. The highest BCUT2D eigenvalue weighted by Gasteiger charge is 1.99. The van der Waals surface area contributed by atoms with Crippen LogP contribution in [0.3, 0.4) is 0 Å². The van der Waals surface area contributed by atoms with Gasteiger partial charge >= 0.3 is 6.03 Å². The molecule has 1 aromatic carbocycles. The number of hydrogen-bond donors (Lipinski definition) is 2. The molecule has 0 spiro atoms. The van der Waals surface area contributed by atoms with Crippen LogP contribution < -0.4 is 15.8 Å². The van der Waals surface area contributed by atoms with Gasteiger partial charge in [-0.25, -0.2) is 4.79 Å². The Morgan fingerprint density at radius 1 is 1.37 bits per heavy atom. The zero-order chi connectivity index (χ0) is 14.3. The number of primary amides is 1. The fourth-order valence-electron chi connectivity index (χ4n) is 1.41. The standard InChI is InChI=1S/C14H19N3O2/c1-10(2)16-13(17-14(15)18)9-6-11-4-7-12(19-3)8-5-11/h4-10H,1-3H3,(H3,15,16,17,18). The smallest absolute Gasteiger partial charge is 0.317 e. The van der Waals surface area contributed by atoms with Crippen LogP contribution in [-0.2, 0) is 0 Å². The first-order valence-corrected chi connectivity index (χ1v) is 5.97. The lowest BCUT2D eigenvalue weighted by atomic mass is 10.2. The van der Waals surface area contributed by atoms with Gasteiger partial charge in [-0.05, 0) is 37.6 Å². The Morgan fingerprint density at radius 3 is 2.47 bits per heavy atom. The van der Waals surface area contributed by atoms with Crippen LogP contribution >= 0.6 is 0 Å². The summed E-state index contributed by atoms with van der Waals surface area (Å²) in [7, 11) is 1.62. The summed E-state index contributed by atoms with van der Waals surface area (Å²) in [5, 5.41) is 2.48. The highest BCUT2D eigenvalue weighted by atomic mass is 16.5. The van der Waals surface area contributed by atoms with Gasteiger partial charge in [-0.1, -0.05) is 18.2 Å². The lowest BCUT2D eigenvalue weighted by Crippen LogP contribution is -2.34. The van der Waals surface area contributed by atoms with Crippen molar-refractivity contribution in [2.75, 3.05) is 7.11 Å². The molecule has 0 saturated heterocycles. The Bertz CT molecular complexity index is 476. The number of carbonyl (C=O) groups is 1. The number of carbonyl (C=O) groups excluding carboxylic acids is 1. The summed E-state index contributed by atoms with van der Waals surface area (Å²) in [6.07, 6.45) is 3.56. The number of nitrogens with zero attached hydrogens (tertiary/aromatic N) is 1. The highest BCUT2D eigenvalue weighted by molar-refractivity contribution is 6.05. The van der Waals surface area contributed by atoms with Crippen molar-refractivity contribution in [2.45, 2.75) is 19.9 Å². The van der Waals surface area contributed by atoms with Crippen molar-refractivity contribution < 1.29 is 9.53 Å². The number of urea groups is 1. The van der Waals surface area contributed by atoms with Crippen molar-refractivity contribution in [1.82, 2.24) is 5.32 Å². The Kier molecular flexibility index (Phi) is 5.60. The Balaban J connectivity index is 2.82. The predicted octanol–water partition coefficient (Wildman–Crippen LogP) is 2.18. The van der Waals surface area contributed by atoms with E-state index < -0.39 is 6.03 Å². The Morgan fingerprint density at radius 2 is 2.00 bits per heavy atom. The van der Waals surface area contributed by atoms with E-state index in [1.54, 1.807) is 13.2 Å². The van der Waals surface area contributed by atoms with Crippen molar-refractivity contribution in [3.05, 3.63) is 35.9 Å². The van der Waals surface area contributed by atoms with Crippen LogP contribution in [0.15, 0.2) is 35.3 Å². The number of rotatable bonds is 4. The van der Waals surface area contributed by atoms with E-state index in [2.05, 4.69) is 10.3 Å². The molecule has 0 atom stereocenters. The molecule has 0 aromatic heterocycles. The molecule has 5 nitrogen and oxygen atoms in total. The largest absolute Gasteiger partial charge is 0.497 e. The Labute approximate surface area is 113 Å². The maximum absolute atomic E-state index is 10.9. The first-order valence-electron chi connectivity index (χ1n) is 5.97. The van der Waals surface area contributed by atoms with Crippen molar-refractivity contribution in [3.63, 3.8) is 0 Å². The van der Waals surface area contributed by atoms with Gasteiger partial charge in [-0.2, -0.15) is 0 Å². The van der Waals surface area contributed by atoms with Gasteiger partial charge in [0.1, 0.15) is 11.6 Å². The van der Waals surface area contributed by atoms with E-state index >= 15 is 0 Å². The van der Waals surface area contributed by atoms with E-state index in [0.717, 1.165) is 11.3 Å². The second-order valence-corrected chi connectivity index (χ2v) is 4.20. The molecule has 0 aliphatic heterocycles. The average molecular weight is 261 g/mol. The zero-order valence-electron chi connectivity index (χ0n) is 11.4. The molecular weight excluding hydrogens is 242 g/mol. The normalized spacial score (nSPS) is 11.9. The van der Waals surface area contributed by atoms with Crippen molar-refractivity contribution >= 4 is 17.9 Å². The molecule has 2 amide bonds. The molecule has 0 unspecified atom stereocenters. The van der Waals surface area contributed by atoms with Crippen LogP contribution in [0.25, 0.3) is 6.08 Å². The van der Waals surface area contributed by atoms with Crippen LogP contribution in [0.2, 0.25) is 0 Å². The van der Waals surface area contributed by atoms with Crippen LogP contribution in [0, 0.1) is 0 Å². The minimum atomic E-state index is -0.626. The number of hydrogen-bond acceptors (Lipinski definition) is 3. The summed E-state index contributed by atoms with van der Waals surface area (Å²) in [5.41, 5.74) is 6.07. The molecule has 1 rings (SSSR count). The first kappa shape index (κ1) is 14.8. The van der Waals surface area contributed by atoms with Crippen LogP contribution in [0.5, 0.6) is 5.75 Å². The topological polar surface area (TPSA) is 76.7 Å². The summed E-state index contributed by atoms with van der Waals surface area (Å²) < 4.78 is 5.08. The molecule has 0 bridgehead atoms. The fraction of sp³-hybridized carbons (Fsp3) is 0.286. The van der Waals surface area contributed by atoms with Gasteiger partial charge in [-0.3, -0.25) is 10.3 Å². The molecular formula is C14H19N3O2. The molecule has 0 fully saturated rings. The third kappa shape index (κ3) is 5.72. The average Bonchev–Trinajstić information content (AvgIpc) is 2.35. The van der Waals surface area contributed by atoms with E-state index in [1.165, 1.54) is 0 Å². The maximum Gasteiger partial charge on any atom is 0.317 e. The lowest BCUT2D eigenvalue weighted by molar-refractivity contribution is 0.253. The van der Waals surface area contributed by atoms with E-state index in [9.17, 15) is 4.79 Å². The minimum Gasteiger partial charge on any atom is -0.497 e. The number of nitrogens with two attached hydrogens (primary N) is 1. The maximum atomic E-state index is 10.9. The second-order valence-electron chi connectivity index (χ2n) is 4.20. The number of aliphatic imine (C=N–C) groups is 1.